The molecule has 0 unspecified atom stereocenters. The van der Waals surface area contributed by atoms with Crippen LogP contribution in [0.5, 0.6) is 11.6 Å². The molecule has 0 atom stereocenters. The first-order chi connectivity index (χ1) is 23.1. The number of pyridine rings is 1. The van der Waals surface area contributed by atoms with Crippen LogP contribution in [0.1, 0.15) is 38.2 Å². The van der Waals surface area contributed by atoms with E-state index in [1.165, 1.54) is 0 Å². The minimum absolute atomic E-state index is 0.00489. The van der Waals surface area contributed by atoms with E-state index in [0.717, 1.165) is 37.1 Å². The average molecular weight is 697 g/mol. The van der Waals surface area contributed by atoms with E-state index >= 15 is 0 Å². The number of rotatable bonds is 10. The second kappa shape index (κ2) is 15.0. The van der Waals surface area contributed by atoms with Gasteiger partial charge < -0.3 is 25.0 Å². The number of carbonyl (C=O) groups is 3. The lowest BCUT2D eigenvalue weighted by Gasteiger charge is -2.39. The molecule has 0 bridgehead atoms. The summed E-state index contributed by atoms with van der Waals surface area (Å²) in [4.78, 5) is 55.3. The van der Waals surface area contributed by atoms with Gasteiger partial charge in [-0.1, -0.05) is 23.2 Å². The Morgan fingerprint density at radius 3 is 2.21 bits per heavy atom. The molecule has 254 valence electrons. The highest BCUT2D eigenvalue weighted by molar-refractivity contribution is 6.35. The number of aromatic nitrogens is 3. The van der Waals surface area contributed by atoms with E-state index < -0.39 is 11.9 Å². The summed E-state index contributed by atoms with van der Waals surface area (Å²) in [5, 5.41) is 13.1. The van der Waals surface area contributed by atoms with E-state index in [-0.39, 0.29) is 17.7 Å². The first-order valence-corrected chi connectivity index (χ1v) is 17.1. The number of hydrogen-bond acceptors (Lipinski definition) is 9. The second-order valence-electron chi connectivity index (χ2n) is 12.9. The van der Waals surface area contributed by atoms with Gasteiger partial charge in [0.25, 0.3) is 0 Å². The fourth-order valence-electron chi connectivity index (χ4n) is 6.50. The van der Waals surface area contributed by atoms with Crippen molar-refractivity contribution in [2.24, 2.45) is 17.8 Å². The van der Waals surface area contributed by atoms with Crippen molar-refractivity contribution in [2.75, 3.05) is 50.7 Å². The molecule has 4 heterocycles. The maximum Gasteiger partial charge on any atom is 0.306 e. The number of carboxylic acids is 1. The van der Waals surface area contributed by atoms with Gasteiger partial charge in [-0.05, 0) is 74.5 Å². The SMILES string of the molecule is CC(=O)NCC1CCN(Cc2cc(Oc3cnc(N4CCN(C(=O)C5CC(C(=O)O)C5)CC4)nc3)nc(-c3cc(Cl)cc(Cl)c3)c2)CC1. The van der Waals surface area contributed by atoms with E-state index in [2.05, 4.69) is 20.2 Å². The largest absolute Gasteiger partial charge is 0.481 e. The van der Waals surface area contributed by atoms with Crippen molar-refractivity contribution in [3.63, 3.8) is 0 Å². The topological polar surface area (TPSA) is 141 Å². The van der Waals surface area contributed by atoms with Crippen LogP contribution in [0, 0.1) is 17.8 Å². The highest BCUT2D eigenvalue weighted by atomic mass is 35.5. The van der Waals surface area contributed by atoms with Crippen molar-refractivity contribution in [1.82, 2.24) is 30.1 Å². The van der Waals surface area contributed by atoms with Crippen molar-refractivity contribution < 1.29 is 24.2 Å². The van der Waals surface area contributed by atoms with Gasteiger partial charge in [-0.15, -0.1) is 0 Å². The molecule has 1 aliphatic carbocycles. The Morgan fingerprint density at radius 1 is 0.917 bits per heavy atom. The normalized spacial score (nSPS) is 20.2. The number of amides is 2. The summed E-state index contributed by atoms with van der Waals surface area (Å²) in [6.07, 6.45) is 6.09. The highest BCUT2D eigenvalue weighted by Gasteiger charge is 2.41. The molecule has 1 saturated carbocycles. The van der Waals surface area contributed by atoms with Crippen molar-refractivity contribution >= 4 is 46.9 Å². The Hall–Kier alpha value is -4.00. The summed E-state index contributed by atoms with van der Waals surface area (Å²) in [5.74, 6) is 0.469. The lowest BCUT2D eigenvalue weighted by Crippen LogP contribution is -2.52. The molecular formula is C34H39Cl2N7O5. The standard InChI is InChI=1S/C34H39Cl2N7O5/c1-21(44)37-17-22-2-4-41(5-3-22)20-23-10-30(24-14-27(35)16-28(36)15-24)40-31(11-23)48-29-18-38-34(39-19-29)43-8-6-42(7-9-43)32(45)25-12-26(13-25)33(46)47/h10-11,14-16,18-19,22,25-26H,2-9,12-13,17,20H2,1H3,(H,37,44)(H,46,47). The summed E-state index contributed by atoms with van der Waals surface area (Å²) in [7, 11) is 0. The Balaban J connectivity index is 1.10. The van der Waals surface area contributed by atoms with Crippen molar-refractivity contribution in [3.05, 3.63) is 58.3 Å². The number of carboxylic acid groups (broad SMARTS) is 1. The Morgan fingerprint density at radius 2 is 1.58 bits per heavy atom. The average Bonchev–Trinajstić information content (AvgIpc) is 3.03. The predicted octanol–water partition coefficient (Wildman–Crippen LogP) is 4.75. The van der Waals surface area contributed by atoms with Crippen LogP contribution in [0.3, 0.4) is 0 Å². The molecular weight excluding hydrogens is 657 g/mol. The molecule has 1 aromatic carbocycles. The smallest absolute Gasteiger partial charge is 0.306 e. The molecule has 6 rings (SSSR count). The number of nitrogens with zero attached hydrogens (tertiary/aromatic N) is 6. The zero-order valence-electron chi connectivity index (χ0n) is 26.8. The van der Waals surface area contributed by atoms with Crippen LogP contribution in [-0.4, -0.2) is 93.5 Å². The van der Waals surface area contributed by atoms with Gasteiger partial charge >= 0.3 is 5.97 Å². The van der Waals surface area contributed by atoms with Gasteiger partial charge in [0.05, 0.1) is 24.0 Å². The third kappa shape index (κ3) is 8.53. The first-order valence-electron chi connectivity index (χ1n) is 16.3. The predicted molar refractivity (Wildman–Crippen MR) is 181 cm³/mol. The number of nitrogens with one attached hydrogen (secondary N) is 1. The summed E-state index contributed by atoms with van der Waals surface area (Å²) in [5.41, 5.74) is 2.48. The molecule has 3 aromatic rings. The monoisotopic (exact) mass is 695 g/mol. The fourth-order valence-corrected chi connectivity index (χ4v) is 7.03. The van der Waals surface area contributed by atoms with E-state index in [9.17, 15) is 14.4 Å². The molecule has 2 aromatic heterocycles. The number of likely N-dealkylation sites (tertiary alicyclic amines) is 1. The number of carbonyl (C=O) groups excluding carboxylic acids is 2. The van der Waals surface area contributed by atoms with Crippen molar-refractivity contribution in [1.29, 1.82) is 0 Å². The van der Waals surface area contributed by atoms with E-state index in [0.29, 0.717) is 91.3 Å². The minimum Gasteiger partial charge on any atom is -0.481 e. The molecule has 2 aliphatic heterocycles. The third-order valence-electron chi connectivity index (χ3n) is 9.32. The number of aliphatic carboxylic acids is 1. The summed E-state index contributed by atoms with van der Waals surface area (Å²) < 4.78 is 6.19. The number of hydrogen-bond donors (Lipinski definition) is 2. The second-order valence-corrected chi connectivity index (χ2v) is 13.7. The van der Waals surface area contributed by atoms with Gasteiger partial charge in [0.1, 0.15) is 0 Å². The number of anilines is 1. The maximum absolute atomic E-state index is 12.8. The zero-order chi connectivity index (χ0) is 33.8. The number of halogens is 2. The summed E-state index contributed by atoms with van der Waals surface area (Å²) in [6.45, 7) is 7.05. The van der Waals surface area contributed by atoms with Crippen molar-refractivity contribution in [2.45, 2.75) is 39.2 Å². The van der Waals surface area contributed by atoms with Gasteiger partial charge in [0.2, 0.25) is 23.6 Å². The number of ether oxygens (including phenoxy) is 1. The van der Waals surface area contributed by atoms with E-state index in [1.54, 1.807) is 25.4 Å². The Bertz CT molecular complexity index is 1620. The van der Waals surface area contributed by atoms with Crippen LogP contribution in [0.25, 0.3) is 11.3 Å². The third-order valence-corrected chi connectivity index (χ3v) is 9.76. The number of piperidine rings is 1. The van der Waals surface area contributed by atoms with E-state index in [1.807, 2.05) is 34.1 Å². The zero-order valence-corrected chi connectivity index (χ0v) is 28.3. The molecule has 14 heteroatoms. The minimum atomic E-state index is -0.823. The maximum atomic E-state index is 12.8. The van der Waals surface area contributed by atoms with Gasteiger partial charge in [0.15, 0.2) is 5.75 Å². The fraction of sp³-hybridized carbons (Fsp3) is 0.471. The molecule has 2 saturated heterocycles. The summed E-state index contributed by atoms with van der Waals surface area (Å²) in [6, 6.07) is 9.27. The van der Waals surface area contributed by atoms with Crippen LogP contribution >= 0.6 is 23.2 Å². The molecule has 48 heavy (non-hydrogen) atoms. The highest BCUT2D eigenvalue weighted by Crippen LogP contribution is 2.36. The van der Waals surface area contributed by atoms with Gasteiger partial charge in [0, 0.05) is 73.8 Å². The van der Waals surface area contributed by atoms with Crippen molar-refractivity contribution in [3.8, 4) is 22.9 Å². The molecule has 0 spiro atoms. The van der Waals surface area contributed by atoms with Gasteiger partial charge in [-0.25, -0.2) is 15.0 Å². The van der Waals surface area contributed by atoms with Gasteiger partial charge in [-0.2, -0.15) is 0 Å². The van der Waals surface area contributed by atoms with Crippen LogP contribution in [0.4, 0.5) is 5.95 Å². The van der Waals surface area contributed by atoms with Crippen LogP contribution in [0.15, 0.2) is 42.7 Å². The molecule has 0 radical (unpaired) electrons. The molecule has 3 fully saturated rings. The first kappa shape index (κ1) is 33.9. The lowest BCUT2D eigenvalue weighted by molar-refractivity contribution is -0.151. The lowest BCUT2D eigenvalue weighted by atomic mass is 9.74. The summed E-state index contributed by atoms with van der Waals surface area (Å²) >= 11 is 12.7. The van der Waals surface area contributed by atoms with E-state index in [4.69, 9.17) is 38.0 Å². The Kier molecular flexibility index (Phi) is 10.6. The Labute approximate surface area is 289 Å². The number of benzene rings is 1. The quantitative estimate of drug-likeness (QED) is 0.305. The van der Waals surface area contributed by atoms with Crippen LogP contribution in [-0.2, 0) is 20.9 Å². The molecule has 2 amide bonds. The number of piperazine rings is 1. The van der Waals surface area contributed by atoms with Gasteiger partial charge in [-0.3, -0.25) is 19.3 Å². The molecule has 12 nitrogen and oxygen atoms in total. The van der Waals surface area contributed by atoms with Crippen LogP contribution in [0.2, 0.25) is 10.0 Å². The molecule has 3 aliphatic rings. The molecule has 2 N–H and O–H groups in total. The van der Waals surface area contributed by atoms with Crippen LogP contribution < -0.4 is 15.0 Å².